The van der Waals surface area contributed by atoms with Crippen LogP contribution in [0.3, 0.4) is 0 Å². The molecule has 2 aromatic rings. The topological polar surface area (TPSA) is 29.1 Å². The average molecular weight is 393 g/mol. The van der Waals surface area contributed by atoms with Gasteiger partial charge in [0.2, 0.25) is 5.91 Å². The van der Waals surface area contributed by atoms with Crippen molar-refractivity contribution in [2.75, 3.05) is 6.54 Å². The predicted octanol–water partition coefficient (Wildman–Crippen LogP) is 5.58. The van der Waals surface area contributed by atoms with Crippen molar-refractivity contribution >= 4 is 46.3 Å². The molecule has 3 unspecified atom stereocenters. The molecule has 0 aromatic heterocycles. The van der Waals surface area contributed by atoms with E-state index in [-0.39, 0.29) is 17.7 Å². The molecule has 3 atom stereocenters. The Bertz CT molecular complexity index is 860. The summed E-state index contributed by atoms with van der Waals surface area (Å²) in [6, 6.07) is 13.4. The summed E-state index contributed by atoms with van der Waals surface area (Å²) in [6.45, 7) is 0.728. The van der Waals surface area contributed by atoms with Gasteiger partial charge in [0.05, 0.1) is 5.92 Å². The summed E-state index contributed by atoms with van der Waals surface area (Å²) in [4.78, 5) is 12.2. The third-order valence-electron chi connectivity index (χ3n) is 5.14. The van der Waals surface area contributed by atoms with Gasteiger partial charge in [-0.1, -0.05) is 59.1 Å². The highest BCUT2D eigenvalue weighted by Gasteiger charge is 2.40. The molecule has 0 spiro atoms. The van der Waals surface area contributed by atoms with Crippen LogP contribution in [0.15, 0.2) is 48.5 Å². The van der Waals surface area contributed by atoms with Crippen LogP contribution < -0.4 is 5.32 Å². The number of carbonyl (C=O) groups is 1. The molecule has 2 aromatic carbocycles. The van der Waals surface area contributed by atoms with E-state index >= 15 is 0 Å². The number of rotatable bonds is 2. The summed E-state index contributed by atoms with van der Waals surface area (Å²) in [6.07, 6.45) is 2.99. The fraction of sp³-hybridized carbons (Fsp3) is 0.250. The van der Waals surface area contributed by atoms with Crippen LogP contribution in [0, 0.1) is 11.8 Å². The van der Waals surface area contributed by atoms with Gasteiger partial charge < -0.3 is 5.32 Å². The Kier molecular flexibility index (Phi) is 4.53. The summed E-state index contributed by atoms with van der Waals surface area (Å²) in [5.74, 6) is 0.486. The first kappa shape index (κ1) is 17.0. The van der Waals surface area contributed by atoms with Crippen molar-refractivity contribution in [2.24, 2.45) is 11.8 Å². The molecule has 1 fully saturated rings. The first-order valence-electron chi connectivity index (χ1n) is 8.23. The van der Waals surface area contributed by atoms with Gasteiger partial charge in [-0.2, -0.15) is 0 Å². The zero-order valence-electron chi connectivity index (χ0n) is 13.3. The molecule has 1 aliphatic carbocycles. The zero-order valence-corrected chi connectivity index (χ0v) is 15.6. The third-order valence-corrected chi connectivity index (χ3v) is 5.94. The van der Waals surface area contributed by atoms with Gasteiger partial charge in [0.1, 0.15) is 0 Å². The van der Waals surface area contributed by atoms with Crippen LogP contribution in [-0.2, 0) is 4.79 Å². The number of amides is 1. The Balaban J connectivity index is 1.83. The van der Waals surface area contributed by atoms with E-state index in [2.05, 4.69) is 23.5 Å². The number of carbonyl (C=O) groups excluding carboxylic acids is 1. The molecule has 4 rings (SSSR count). The van der Waals surface area contributed by atoms with Gasteiger partial charge in [0.25, 0.3) is 0 Å². The Morgan fingerprint density at radius 3 is 2.40 bits per heavy atom. The van der Waals surface area contributed by atoms with Gasteiger partial charge in [0.15, 0.2) is 0 Å². The second-order valence-electron chi connectivity index (χ2n) is 6.62. The maximum absolute atomic E-state index is 12.2. The smallest absolute Gasteiger partial charge is 0.227 e. The first-order valence-corrected chi connectivity index (χ1v) is 9.36. The minimum absolute atomic E-state index is 0.0923. The SMILES string of the molecule is O=C1NCC2CC(c3ccc(Cl)cc3)C(c3ccc(Cl)cc3Cl)=CC12. The lowest BCUT2D eigenvalue weighted by Gasteiger charge is -2.31. The van der Waals surface area contributed by atoms with Crippen molar-refractivity contribution in [1.29, 1.82) is 0 Å². The summed E-state index contributed by atoms with van der Waals surface area (Å²) in [7, 11) is 0. The molecule has 128 valence electrons. The fourth-order valence-electron chi connectivity index (χ4n) is 3.88. The Morgan fingerprint density at radius 2 is 1.68 bits per heavy atom. The predicted molar refractivity (Wildman–Crippen MR) is 103 cm³/mol. The van der Waals surface area contributed by atoms with Gasteiger partial charge in [-0.3, -0.25) is 4.79 Å². The summed E-state index contributed by atoms with van der Waals surface area (Å²) >= 11 is 18.6. The number of halogens is 3. The van der Waals surface area contributed by atoms with E-state index in [0.29, 0.717) is 21.0 Å². The number of hydrogen-bond acceptors (Lipinski definition) is 1. The number of nitrogens with one attached hydrogen (secondary N) is 1. The van der Waals surface area contributed by atoms with Crippen LogP contribution in [-0.4, -0.2) is 12.5 Å². The molecular weight excluding hydrogens is 377 g/mol. The van der Waals surface area contributed by atoms with Crippen molar-refractivity contribution in [1.82, 2.24) is 5.32 Å². The highest BCUT2D eigenvalue weighted by Crippen LogP contribution is 2.47. The molecule has 1 aliphatic heterocycles. The minimum Gasteiger partial charge on any atom is -0.355 e. The Labute approximate surface area is 161 Å². The van der Waals surface area contributed by atoms with Gasteiger partial charge in [-0.15, -0.1) is 0 Å². The second-order valence-corrected chi connectivity index (χ2v) is 7.90. The normalized spacial score (nSPS) is 25.3. The Hall–Kier alpha value is -1.48. The van der Waals surface area contributed by atoms with E-state index in [9.17, 15) is 4.79 Å². The number of allylic oxidation sites excluding steroid dienone is 1. The second kappa shape index (κ2) is 6.68. The van der Waals surface area contributed by atoms with E-state index in [1.807, 2.05) is 24.3 Å². The van der Waals surface area contributed by atoms with Gasteiger partial charge >= 0.3 is 0 Å². The maximum atomic E-state index is 12.2. The van der Waals surface area contributed by atoms with Gasteiger partial charge in [-0.05, 0) is 53.3 Å². The van der Waals surface area contributed by atoms with Crippen molar-refractivity contribution in [3.63, 3.8) is 0 Å². The largest absolute Gasteiger partial charge is 0.355 e. The number of fused-ring (bicyclic) bond motifs is 1. The molecule has 2 aliphatic rings. The highest BCUT2D eigenvalue weighted by atomic mass is 35.5. The van der Waals surface area contributed by atoms with Crippen LogP contribution in [0.1, 0.15) is 23.5 Å². The van der Waals surface area contributed by atoms with Gasteiger partial charge in [-0.25, -0.2) is 0 Å². The summed E-state index contributed by atoms with van der Waals surface area (Å²) < 4.78 is 0. The molecular formula is C20H16Cl3NO. The third kappa shape index (κ3) is 3.19. The molecule has 2 nitrogen and oxygen atoms in total. The molecule has 1 amide bonds. The zero-order chi connectivity index (χ0) is 17.6. The van der Waals surface area contributed by atoms with E-state index in [1.54, 1.807) is 6.07 Å². The van der Waals surface area contributed by atoms with Crippen molar-refractivity contribution in [3.05, 3.63) is 74.7 Å². The molecule has 1 N–H and O–H groups in total. The van der Waals surface area contributed by atoms with Crippen LogP contribution in [0.5, 0.6) is 0 Å². The summed E-state index contributed by atoms with van der Waals surface area (Å²) in [5, 5.41) is 4.90. The molecule has 5 heteroatoms. The monoisotopic (exact) mass is 391 g/mol. The van der Waals surface area contributed by atoms with Crippen molar-refractivity contribution < 1.29 is 4.79 Å². The maximum Gasteiger partial charge on any atom is 0.227 e. The first-order chi connectivity index (χ1) is 12.0. The van der Waals surface area contributed by atoms with Crippen LogP contribution >= 0.6 is 34.8 Å². The quantitative estimate of drug-likeness (QED) is 0.710. The van der Waals surface area contributed by atoms with Crippen molar-refractivity contribution in [2.45, 2.75) is 12.3 Å². The Morgan fingerprint density at radius 1 is 0.960 bits per heavy atom. The number of benzene rings is 2. The standard InChI is InChI=1S/C20H16Cl3NO/c21-13-3-1-11(2-4-13)16-7-12-10-24-20(25)17(12)9-18(16)15-6-5-14(22)8-19(15)23/h1-6,8-9,12,16-17H,7,10H2,(H,24,25). The van der Waals surface area contributed by atoms with E-state index in [1.165, 1.54) is 5.56 Å². The molecule has 1 heterocycles. The average Bonchev–Trinajstić information content (AvgIpc) is 2.95. The molecule has 25 heavy (non-hydrogen) atoms. The van der Waals surface area contributed by atoms with E-state index in [4.69, 9.17) is 34.8 Å². The molecule has 0 bridgehead atoms. The lowest BCUT2D eigenvalue weighted by atomic mass is 9.71. The van der Waals surface area contributed by atoms with Crippen molar-refractivity contribution in [3.8, 4) is 0 Å². The van der Waals surface area contributed by atoms with E-state index in [0.717, 1.165) is 24.1 Å². The van der Waals surface area contributed by atoms with Crippen LogP contribution in [0.4, 0.5) is 0 Å². The van der Waals surface area contributed by atoms with E-state index < -0.39 is 0 Å². The molecule has 0 saturated carbocycles. The number of hydrogen-bond donors (Lipinski definition) is 1. The fourth-order valence-corrected chi connectivity index (χ4v) is 4.53. The van der Waals surface area contributed by atoms with Crippen LogP contribution in [0.25, 0.3) is 5.57 Å². The summed E-state index contributed by atoms with van der Waals surface area (Å²) in [5.41, 5.74) is 3.20. The van der Waals surface area contributed by atoms with Crippen LogP contribution in [0.2, 0.25) is 15.1 Å². The lowest BCUT2D eigenvalue weighted by Crippen LogP contribution is -2.23. The molecule has 1 saturated heterocycles. The lowest BCUT2D eigenvalue weighted by molar-refractivity contribution is -0.121. The molecule has 0 radical (unpaired) electrons. The minimum atomic E-state index is -0.0923. The van der Waals surface area contributed by atoms with Gasteiger partial charge in [0, 0.05) is 27.5 Å². The highest BCUT2D eigenvalue weighted by molar-refractivity contribution is 6.35.